The van der Waals surface area contributed by atoms with E-state index in [4.69, 9.17) is 0 Å². The van der Waals surface area contributed by atoms with E-state index in [9.17, 15) is 9.18 Å². The van der Waals surface area contributed by atoms with E-state index in [1.807, 2.05) is 23.9 Å². The van der Waals surface area contributed by atoms with Gasteiger partial charge in [0.15, 0.2) is 0 Å². The zero-order valence-corrected chi connectivity index (χ0v) is 18.0. The minimum Gasteiger partial charge on any atom is -0.365 e. The quantitative estimate of drug-likeness (QED) is 0.754. The lowest BCUT2D eigenvalue weighted by atomic mass is 9.83. The predicted molar refractivity (Wildman–Crippen MR) is 120 cm³/mol. The summed E-state index contributed by atoms with van der Waals surface area (Å²) in [5.41, 5.74) is 3.71. The maximum atomic E-state index is 13.6. The number of hydrogen-bond acceptors (Lipinski definition) is 4. The van der Waals surface area contributed by atoms with E-state index in [1.54, 1.807) is 0 Å². The highest BCUT2D eigenvalue weighted by Gasteiger charge is 2.42. The van der Waals surface area contributed by atoms with Crippen molar-refractivity contribution in [2.75, 3.05) is 49.1 Å². The Labute approximate surface area is 182 Å². The molecule has 158 valence electrons. The molecule has 0 bridgehead atoms. The smallest absolute Gasteiger partial charge is 0.228 e. The van der Waals surface area contributed by atoms with E-state index in [-0.39, 0.29) is 17.8 Å². The van der Waals surface area contributed by atoms with Crippen molar-refractivity contribution in [1.29, 1.82) is 0 Å². The summed E-state index contributed by atoms with van der Waals surface area (Å²) in [6, 6.07) is 15.6. The van der Waals surface area contributed by atoms with Crippen molar-refractivity contribution in [3.63, 3.8) is 0 Å². The van der Waals surface area contributed by atoms with Crippen molar-refractivity contribution in [1.82, 2.24) is 9.80 Å². The van der Waals surface area contributed by atoms with Crippen LogP contribution in [0.4, 0.5) is 10.1 Å². The van der Waals surface area contributed by atoms with Crippen LogP contribution in [0, 0.1) is 11.7 Å². The van der Waals surface area contributed by atoms with Crippen LogP contribution in [0.15, 0.2) is 48.5 Å². The van der Waals surface area contributed by atoms with Crippen LogP contribution < -0.4 is 4.90 Å². The van der Waals surface area contributed by atoms with Crippen LogP contribution >= 0.6 is 11.8 Å². The number of para-hydroxylation sites is 1. The number of piperazine rings is 1. The molecule has 0 aromatic heterocycles. The molecule has 2 atom stereocenters. The van der Waals surface area contributed by atoms with Gasteiger partial charge in [0.1, 0.15) is 5.82 Å². The number of carbonyl (C=O) groups excluding carboxylic acids is 1. The number of thioether (sulfide) groups is 1. The van der Waals surface area contributed by atoms with Crippen LogP contribution in [-0.2, 0) is 17.8 Å². The highest BCUT2D eigenvalue weighted by molar-refractivity contribution is 7.99. The van der Waals surface area contributed by atoms with Gasteiger partial charge in [0.2, 0.25) is 5.91 Å². The number of anilines is 1. The largest absolute Gasteiger partial charge is 0.365 e. The Kier molecular flexibility index (Phi) is 5.70. The van der Waals surface area contributed by atoms with Gasteiger partial charge in [-0.2, -0.15) is 11.8 Å². The number of amides is 1. The van der Waals surface area contributed by atoms with Gasteiger partial charge in [-0.25, -0.2) is 4.39 Å². The Morgan fingerprint density at radius 1 is 1.00 bits per heavy atom. The van der Waals surface area contributed by atoms with Gasteiger partial charge in [-0.15, -0.1) is 0 Å². The second kappa shape index (κ2) is 8.60. The number of benzene rings is 2. The summed E-state index contributed by atoms with van der Waals surface area (Å²) in [5.74, 6) is 2.21. The van der Waals surface area contributed by atoms with Crippen LogP contribution in [0.1, 0.15) is 11.1 Å². The number of carbonyl (C=O) groups is 1. The van der Waals surface area contributed by atoms with E-state index >= 15 is 0 Å². The number of nitrogens with zero attached hydrogens (tertiary/aromatic N) is 3. The van der Waals surface area contributed by atoms with Crippen LogP contribution in [-0.4, -0.2) is 66.0 Å². The molecule has 5 rings (SSSR count). The second-order valence-corrected chi connectivity index (χ2v) is 9.72. The summed E-state index contributed by atoms with van der Waals surface area (Å²) >= 11 is 1.94. The summed E-state index contributed by atoms with van der Waals surface area (Å²) in [4.78, 5) is 20.5. The summed E-state index contributed by atoms with van der Waals surface area (Å²) in [6.45, 7) is 5.27. The molecule has 0 radical (unpaired) electrons. The molecule has 1 amide bonds. The molecule has 2 saturated heterocycles. The average Bonchev–Trinajstić information content (AvgIpc) is 2.80. The molecule has 2 fully saturated rings. The number of hydrogen-bond donors (Lipinski definition) is 0. The fourth-order valence-electron chi connectivity index (χ4n) is 5.11. The number of halogens is 1. The zero-order valence-electron chi connectivity index (χ0n) is 17.2. The third-order valence-electron chi connectivity index (χ3n) is 6.67. The zero-order chi connectivity index (χ0) is 20.5. The lowest BCUT2D eigenvalue weighted by Gasteiger charge is -2.50. The minimum absolute atomic E-state index is 0.000909. The Morgan fingerprint density at radius 2 is 1.77 bits per heavy atom. The topological polar surface area (TPSA) is 26.8 Å². The summed E-state index contributed by atoms with van der Waals surface area (Å²) in [7, 11) is 0. The predicted octanol–water partition coefficient (Wildman–Crippen LogP) is 3.26. The van der Waals surface area contributed by atoms with Gasteiger partial charge in [0.05, 0.1) is 12.0 Å². The molecule has 4 nitrogen and oxygen atoms in total. The molecule has 2 aromatic rings. The first-order chi connectivity index (χ1) is 14.7. The van der Waals surface area contributed by atoms with E-state index in [0.717, 1.165) is 62.8 Å². The van der Waals surface area contributed by atoms with Crippen molar-refractivity contribution in [2.45, 2.75) is 19.0 Å². The van der Waals surface area contributed by atoms with Crippen LogP contribution in [0.3, 0.4) is 0 Å². The summed E-state index contributed by atoms with van der Waals surface area (Å²) in [6.07, 6.45) is 0.824. The molecule has 0 spiro atoms. The molecule has 0 aliphatic carbocycles. The monoisotopic (exact) mass is 425 g/mol. The molecule has 2 aromatic carbocycles. The molecule has 6 heteroatoms. The van der Waals surface area contributed by atoms with E-state index in [1.165, 1.54) is 23.4 Å². The minimum atomic E-state index is -0.196. The van der Waals surface area contributed by atoms with Crippen LogP contribution in [0.25, 0.3) is 0 Å². The van der Waals surface area contributed by atoms with Crippen molar-refractivity contribution in [3.05, 3.63) is 65.5 Å². The van der Waals surface area contributed by atoms with Gasteiger partial charge >= 0.3 is 0 Å². The Hall–Kier alpha value is -2.05. The molecular weight excluding hydrogens is 397 g/mol. The molecule has 3 aliphatic rings. The first-order valence-corrected chi connectivity index (χ1v) is 12.0. The fourth-order valence-corrected chi connectivity index (χ4v) is 6.01. The van der Waals surface area contributed by atoms with Gasteiger partial charge in [-0.05, 0) is 35.7 Å². The van der Waals surface area contributed by atoms with Crippen molar-refractivity contribution < 1.29 is 9.18 Å². The molecule has 3 heterocycles. The highest BCUT2D eigenvalue weighted by atomic mass is 32.2. The van der Waals surface area contributed by atoms with Crippen molar-refractivity contribution >= 4 is 23.4 Å². The standard InChI is InChI=1S/C24H28FN3OS/c25-20-7-5-18(6-8-20)16-26-9-10-28-22-4-2-1-3-19(22)15-21(23(28)17-26)24(29)27-11-13-30-14-12-27/h1-8,21,23H,9-17H2/t21-,23+/m0/s1. The summed E-state index contributed by atoms with van der Waals surface area (Å²) < 4.78 is 13.3. The first-order valence-electron chi connectivity index (χ1n) is 10.9. The Balaban J connectivity index is 1.39. The second-order valence-electron chi connectivity index (χ2n) is 8.50. The first kappa shape index (κ1) is 19.9. The molecule has 3 aliphatic heterocycles. The van der Waals surface area contributed by atoms with E-state index in [0.29, 0.717) is 5.91 Å². The van der Waals surface area contributed by atoms with Gasteiger partial charge in [0.25, 0.3) is 0 Å². The average molecular weight is 426 g/mol. The van der Waals surface area contributed by atoms with Crippen molar-refractivity contribution in [2.24, 2.45) is 5.92 Å². The van der Waals surface area contributed by atoms with Gasteiger partial charge in [-0.1, -0.05) is 30.3 Å². The highest BCUT2D eigenvalue weighted by Crippen LogP contribution is 2.37. The fraction of sp³-hybridized carbons (Fsp3) is 0.458. The number of fused-ring (bicyclic) bond motifs is 3. The van der Waals surface area contributed by atoms with E-state index < -0.39 is 0 Å². The summed E-state index contributed by atoms with van der Waals surface area (Å²) in [5, 5.41) is 0. The molecule has 0 saturated carbocycles. The lowest BCUT2D eigenvalue weighted by Crippen LogP contribution is -2.61. The SMILES string of the molecule is O=C([C@H]1Cc2ccccc2N2CCN(Cc3ccc(F)cc3)C[C@H]12)N1CCSCC1. The van der Waals surface area contributed by atoms with Gasteiger partial charge in [0, 0.05) is 56.5 Å². The Morgan fingerprint density at radius 3 is 2.57 bits per heavy atom. The maximum Gasteiger partial charge on any atom is 0.228 e. The third kappa shape index (κ3) is 3.95. The van der Waals surface area contributed by atoms with Crippen LogP contribution in [0.5, 0.6) is 0 Å². The van der Waals surface area contributed by atoms with Gasteiger partial charge < -0.3 is 9.80 Å². The maximum absolute atomic E-state index is 13.6. The normalized spacial score (nSPS) is 24.3. The van der Waals surface area contributed by atoms with E-state index in [2.05, 4.69) is 39.0 Å². The molecular formula is C24H28FN3OS. The molecule has 30 heavy (non-hydrogen) atoms. The molecule has 0 unspecified atom stereocenters. The lowest BCUT2D eigenvalue weighted by molar-refractivity contribution is -0.136. The third-order valence-corrected chi connectivity index (χ3v) is 7.61. The van der Waals surface area contributed by atoms with Crippen LogP contribution in [0.2, 0.25) is 0 Å². The van der Waals surface area contributed by atoms with Crippen molar-refractivity contribution in [3.8, 4) is 0 Å². The van der Waals surface area contributed by atoms with Gasteiger partial charge in [-0.3, -0.25) is 9.69 Å². The number of rotatable bonds is 3. The molecule has 0 N–H and O–H groups in total. The Bertz CT molecular complexity index is 900.